The zero-order valence-corrected chi connectivity index (χ0v) is 8.58. The summed E-state index contributed by atoms with van der Waals surface area (Å²) in [6.45, 7) is 1.46. The second-order valence-corrected chi connectivity index (χ2v) is 2.67. The first-order chi connectivity index (χ1) is 7.91. The van der Waals surface area contributed by atoms with Crippen LogP contribution in [-0.4, -0.2) is 35.4 Å². The minimum Gasteiger partial charge on any atom is -0.460 e. The summed E-state index contributed by atoms with van der Waals surface area (Å²) in [6, 6.07) is 0. The highest BCUT2D eigenvalue weighted by molar-refractivity contribution is 6.38. The van der Waals surface area contributed by atoms with Crippen LogP contribution < -0.4 is 16.9 Å². The number of carbonyl (C=O) groups is 1. The highest BCUT2D eigenvalue weighted by Crippen LogP contribution is 2.20. The van der Waals surface area contributed by atoms with Crippen LogP contribution in [-0.2, 0) is 9.53 Å². The Bertz CT molecular complexity index is 365. The fraction of sp³-hybridized carbons (Fsp3) is 0.500. The Labute approximate surface area is 93.2 Å². The number of amidine groups is 2. The van der Waals surface area contributed by atoms with Crippen molar-refractivity contribution in [3.05, 3.63) is 0 Å². The number of carbonyl (C=O) groups excluding carboxylic acids is 1. The number of rotatable bonds is 1. The van der Waals surface area contributed by atoms with Crippen molar-refractivity contribution < 1.29 is 22.7 Å². The van der Waals surface area contributed by atoms with E-state index in [1.807, 2.05) is 11.1 Å². The molecule has 0 saturated heterocycles. The fourth-order valence-electron chi connectivity index (χ4n) is 0.972. The van der Waals surface area contributed by atoms with E-state index in [2.05, 4.69) is 14.9 Å². The van der Waals surface area contributed by atoms with Crippen molar-refractivity contribution in [1.82, 2.24) is 16.1 Å². The zero-order valence-electron chi connectivity index (χ0n) is 8.58. The van der Waals surface area contributed by atoms with E-state index in [1.165, 1.54) is 6.92 Å². The molecule has 0 atom stereocenters. The third-order valence-corrected chi connectivity index (χ3v) is 1.58. The highest BCUT2D eigenvalue weighted by Gasteiger charge is 2.46. The number of alkyl halides is 3. The molecule has 0 radical (unpaired) electrons. The lowest BCUT2D eigenvalue weighted by molar-refractivity contribution is -0.135. The lowest BCUT2D eigenvalue weighted by Gasteiger charge is -2.19. The van der Waals surface area contributed by atoms with Crippen LogP contribution in [0.15, 0.2) is 10.2 Å². The number of hydrazone groups is 2. The monoisotopic (exact) mass is 254 g/mol. The summed E-state index contributed by atoms with van der Waals surface area (Å²) in [5, 5.41) is 6.10. The summed E-state index contributed by atoms with van der Waals surface area (Å²) in [5.74, 6) is 1.56. The van der Waals surface area contributed by atoms with Gasteiger partial charge in [-0.3, -0.25) is 0 Å². The van der Waals surface area contributed by atoms with Crippen molar-refractivity contribution in [2.24, 2.45) is 16.0 Å². The molecule has 96 valence electrons. The number of hydrogen-bond acceptors (Lipinski definition) is 7. The Balaban J connectivity index is 2.92. The van der Waals surface area contributed by atoms with Crippen molar-refractivity contribution in [3.63, 3.8) is 0 Å². The topological polar surface area (TPSA) is 104 Å². The molecule has 0 spiro atoms. The van der Waals surface area contributed by atoms with Gasteiger partial charge in [0.15, 0.2) is 0 Å². The average Bonchev–Trinajstić information content (AvgIpc) is 2.67. The highest BCUT2D eigenvalue weighted by atomic mass is 19.4. The van der Waals surface area contributed by atoms with Crippen LogP contribution >= 0.6 is 0 Å². The summed E-state index contributed by atoms with van der Waals surface area (Å²) < 4.78 is 41.9. The predicted octanol–water partition coefficient (Wildman–Crippen LogP) is -0.978. The van der Waals surface area contributed by atoms with E-state index in [4.69, 9.17) is 5.84 Å². The van der Waals surface area contributed by atoms with Gasteiger partial charge in [0.1, 0.15) is 0 Å². The summed E-state index contributed by atoms with van der Waals surface area (Å²) in [4.78, 5) is 11.3. The largest absolute Gasteiger partial charge is 0.460 e. The number of hydrogen-bond donors (Lipinski definition) is 3. The van der Waals surface area contributed by atoms with Gasteiger partial charge in [0, 0.05) is 0 Å². The maximum absolute atomic E-state index is 12.5. The number of nitrogens with one attached hydrogen (secondary N) is 2. The molecule has 0 amide bonds. The summed E-state index contributed by atoms with van der Waals surface area (Å²) >= 11 is 0. The van der Waals surface area contributed by atoms with E-state index in [-0.39, 0.29) is 11.6 Å². The molecule has 17 heavy (non-hydrogen) atoms. The second-order valence-electron chi connectivity index (χ2n) is 2.67. The Morgan fingerprint density at radius 1 is 1.65 bits per heavy atom. The zero-order chi connectivity index (χ0) is 13.1. The molecule has 1 rings (SSSR count). The third-order valence-electron chi connectivity index (χ3n) is 1.58. The molecule has 0 aromatic carbocycles. The van der Waals surface area contributed by atoms with E-state index >= 15 is 0 Å². The van der Waals surface area contributed by atoms with Gasteiger partial charge in [-0.2, -0.15) is 18.3 Å². The predicted molar refractivity (Wildman–Crippen MR) is 49.9 cm³/mol. The van der Waals surface area contributed by atoms with Gasteiger partial charge in [-0.05, 0) is 6.92 Å². The Hall–Kier alpha value is -2.04. The van der Waals surface area contributed by atoms with E-state index in [1.54, 1.807) is 0 Å². The van der Waals surface area contributed by atoms with E-state index in [0.717, 1.165) is 0 Å². The maximum atomic E-state index is 12.5. The van der Waals surface area contributed by atoms with Gasteiger partial charge in [0.25, 0.3) is 11.7 Å². The molecule has 4 N–H and O–H groups in total. The molecule has 1 aliphatic heterocycles. The van der Waals surface area contributed by atoms with Gasteiger partial charge in [-0.1, -0.05) is 0 Å². The molecule has 1 heterocycles. The average molecular weight is 254 g/mol. The number of hydrazine groups is 2. The molecular weight excluding hydrogens is 245 g/mol. The molecule has 0 aromatic rings. The first kappa shape index (κ1) is 13.0. The SMILES string of the molecule is CCOC(=O)/C(=N\N)N1NNN=C1C(F)(F)F. The number of nitrogens with two attached hydrogens (primary N) is 1. The first-order valence-electron chi connectivity index (χ1n) is 4.32. The molecule has 0 aliphatic carbocycles. The van der Waals surface area contributed by atoms with Crippen molar-refractivity contribution in [2.75, 3.05) is 6.61 Å². The van der Waals surface area contributed by atoms with Crippen LogP contribution in [0.3, 0.4) is 0 Å². The van der Waals surface area contributed by atoms with E-state index in [9.17, 15) is 18.0 Å². The van der Waals surface area contributed by atoms with Crippen LogP contribution in [0.5, 0.6) is 0 Å². The van der Waals surface area contributed by atoms with Crippen LogP contribution in [0, 0.1) is 0 Å². The van der Waals surface area contributed by atoms with Crippen LogP contribution in [0.1, 0.15) is 6.92 Å². The van der Waals surface area contributed by atoms with Gasteiger partial charge in [-0.25, -0.2) is 15.3 Å². The minimum atomic E-state index is -4.78. The standard InChI is InChI=1S/C6H9F3N6O2/c1-2-17-4(16)3(11-10)15-5(6(7,8)9)12-13-14-15/h13-14H,2,10H2,1H3/b11-3+. The first-order valence-corrected chi connectivity index (χ1v) is 4.32. The van der Waals surface area contributed by atoms with Gasteiger partial charge >= 0.3 is 12.1 Å². The van der Waals surface area contributed by atoms with Crippen LogP contribution in [0.4, 0.5) is 13.2 Å². The number of halogens is 3. The fourth-order valence-corrected chi connectivity index (χ4v) is 0.972. The lowest BCUT2D eigenvalue weighted by Crippen LogP contribution is -2.53. The molecule has 0 bridgehead atoms. The Morgan fingerprint density at radius 3 is 2.76 bits per heavy atom. The summed E-state index contributed by atoms with van der Waals surface area (Å²) in [7, 11) is 0. The third kappa shape index (κ3) is 2.75. The smallest absolute Gasteiger partial charge is 0.453 e. The van der Waals surface area contributed by atoms with E-state index in [0.29, 0.717) is 0 Å². The van der Waals surface area contributed by atoms with Gasteiger partial charge in [0.2, 0.25) is 0 Å². The van der Waals surface area contributed by atoms with Crippen molar-refractivity contribution in [2.45, 2.75) is 13.1 Å². The molecule has 11 heteroatoms. The normalized spacial score (nSPS) is 16.6. The molecule has 8 nitrogen and oxygen atoms in total. The summed E-state index contributed by atoms with van der Waals surface area (Å²) in [6.07, 6.45) is -4.78. The summed E-state index contributed by atoms with van der Waals surface area (Å²) in [5.41, 5.74) is 3.79. The number of nitrogens with zero attached hydrogens (tertiary/aromatic N) is 3. The van der Waals surface area contributed by atoms with Crippen molar-refractivity contribution in [1.29, 1.82) is 0 Å². The molecule has 1 aliphatic rings. The van der Waals surface area contributed by atoms with Gasteiger partial charge < -0.3 is 10.6 Å². The second kappa shape index (κ2) is 4.86. The Morgan fingerprint density at radius 2 is 2.29 bits per heavy atom. The van der Waals surface area contributed by atoms with E-state index < -0.39 is 23.8 Å². The number of ether oxygens (including phenoxy) is 1. The van der Waals surface area contributed by atoms with Gasteiger partial charge in [-0.15, -0.1) is 10.6 Å². The molecule has 0 aromatic heterocycles. The van der Waals surface area contributed by atoms with Crippen molar-refractivity contribution in [3.8, 4) is 0 Å². The maximum Gasteiger partial charge on any atom is 0.453 e. The van der Waals surface area contributed by atoms with Crippen molar-refractivity contribution >= 4 is 17.6 Å². The quantitative estimate of drug-likeness (QED) is 0.183. The molecular formula is C6H9F3N6O2. The minimum absolute atomic E-state index is 0.0301. The number of esters is 1. The molecule has 0 saturated carbocycles. The van der Waals surface area contributed by atoms with Crippen LogP contribution in [0.25, 0.3) is 0 Å². The Kier molecular flexibility index (Phi) is 3.73. The van der Waals surface area contributed by atoms with Gasteiger partial charge in [0.05, 0.1) is 6.61 Å². The molecule has 0 unspecified atom stereocenters. The molecule has 0 fully saturated rings. The van der Waals surface area contributed by atoms with Crippen LogP contribution in [0.2, 0.25) is 0 Å². The lowest BCUT2D eigenvalue weighted by atomic mass is 10.4.